The van der Waals surface area contributed by atoms with Gasteiger partial charge < -0.3 is 13.9 Å². The van der Waals surface area contributed by atoms with Crippen molar-refractivity contribution in [3.05, 3.63) is 64.6 Å². The lowest BCUT2D eigenvalue weighted by Crippen LogP contribution is -2.42. The lowest BCUT2D eigenvalue weighted by molar-refractivity contribution is -0.141. The first-order valence-electron chi connectivity index (χ1n) is 10.5. The van der Waals surface area contributed by atoms with Crippen molar-refractivity contribution < 1.29 is 23.5 Å². The third-order valence-corrected chi connectivity index (χ3v) is 5.22. The van der Waals surface area contributed by atoms with Gasteiger partial charge in [0, 0.05) is 5.57 Å². The summed E-state index contributed by atoms with van der Waals surface area (Å²) in [5.74, 6) is 0.512. The number of furan rings is 1. The second-order valence-corrected chi connectivity index (χ2v) is 7.41. The van der Waals surface area contributed by atoms with E-state index < -0.39 is 11.8 Å². The van der Waals surface area contributed by atoms with Crippen molar-refractivity contribution in [1.82, 2.24) is 4.90 Å². The lowest BCUT2D eigenvalue weighted by atomic mass is 9.93. The van der Waals surface area contributed by atoms with E-state index >= 15 is 0 Å². The Morgan fingerprint density at radius 1 is 1.16 bits per heavy atom. The molecular formula is C25H26N2O5. The van der Waals surface area contributed by atoms with Crippen molar-refractivity contribution in [3.63, 3.8) is 0 Å². The Bertz CT molecular complexity index is 1090. The summed E-state index contributed by atoms with van der Waals surface area (Å²) in [5.41, 5.74) is 1.24. The number of carbonyl (C=O) groups is 2. The Labute approximate surface area is 187 Å². The minimum absolute atomic E-state index is 0.0473. The van der Waals surface area contributed by atoms with Crippen LogP contribution in [0.5, 0.6) is 11.5 Å². The molecule has 0 atom stereocenters. The largest absolute Gasteiger partial charge is 0.493 e. The molecule has 7 heteroatoms. The fraction of sp³-hybridized carbons (Fsp3) is 0.320. The van der Waals surface area contributed by atoms with E-state index in [4.69, 9.17) is 13.9 Å². The molecule has 0 radical (unpaired) electrons. The number of carbonyl (C=O) groups excluding carboxylic acids is 2. The minimum Gasteiger partial charge on any atom is -0.493 e. The van der Waals surface area contributed by atoms with Crippen LogP contribution >= 0.6 is 0 Å². The van der Waals surface area contributed by atoms with Crippen molar-refractivity contribution in [1.29, 1.82) is 5.26 Å². The predicted octanol–water partition coefficient (Wildman–Crippen LogP) is 4.65. The standard InChI is InChI=1S/C25H26N2O5/c1-4-5-6-11-32-22-10-9-18(14-23(22)30-3)13-20-17(2)21(15-26)25(29)27(24(20)28)16-19-8-7-12-31-19/h7-10,12-14H,4-6,11,16H2,1-3H3/b20-13+. The maximum atomic E-state index is 13.2. The molecule has 1 aromatic heterocycles. The number of hydrogen-bond donors (Lipinski definition) is 0. The summed E-state index contributed by atoms with van der Waals surface area (Å²) < 4.78 is 16.5. The summed E-state index contributed by atoms with van der Waals surface area (Å²) in [6.45, 7) is 4.29. The quantitative estimate of drug-likeness (QED) is 0.324. The number of methoxy groups -OCH3 is 1. The smallest absolute Gasteiger partial charge is 0.272 e. The Morgan fingerprint density at radius 3 is 2.62 bits per heavy atom. The van der Waals surface area contributed by atoms with Crippen molar-refractivity contribution in [2.24, 2.45) is 0 Å². The zero-order valence-electron chi connectivity index (χ0n) is 18.5. The van der Waals surface area contributed by atoms with Gasteiger partial charge in [0.15, 0.2) is 11.5 Å². The number of ether oxygens (including phenoxy) is 2. The van der Waals surface area contributed by atoms with Crippen LogP contribution < -0.4 is 9.47 Å². The van der Waals surface area contributed by atoms with Crippen molar-refractivity contribution in [2.75, 3.05) is 13.7 Å². The molecule has 0 aliphatic carbocycles. The third-order valence-electron chi connectivity index (χ3n) is 5.22. The van der Waals surface area contributed by atoms with E-state index in [2.05, 4.69) is 6.92 Å². The van der Waals surface area contributed by atoms with Crippen LogP contribution in [0.2, 0.25) is 0 Å². The fourth-order valence-electron chi connectivity index (χ4n) is 3.43. The highest BCUT2D eigenvalue weighted by Gasteiger charge is 2.35. The Hall–Kier alpha value is -3.79. The number of benzene rings is 1. The summed E-state index contributed by atoms with van der Waals surface area (Å²) >= 11 is 0. The van der Waals surface area contributed by atoms with Gasteiger partial charge in [0.2, 0.25) is 0 Å². The van der Waals surface area contributed by atoms with Crippen LogP contribution in [-0.4, -0.2) is 30.4 Å². The van der Waals surface area contributed by atoms with Crippen molar-refractivity contribution in [2.45, 2.75) is 39.7 Å². The second-order valence-electron chi connectivity index (χ2n) is 7.41. The summed E-state index contributed by atoms with van der Waals surface area (Å²) in [4.78, 5) is 26.9. The first-order chi connectivity index (χ1) is 15.5. The van der Waals surface area contributed by atoms with Gasteiger partial charge in [-0.05, 0) is 54.8 Å². The average molecular weight is 434 g/mol. The van der Waals surface area contributed by atoms with Crippen molar-refractivity contribution in [3.8, 4) is 17.6 Å². The van der Waals surface area contributed by atoms with Crippen LogP contribution in [-0.2, 0) is 16.1 Å². The molecule has 2 heterocycles. The molecule has 0 unspecified atom stereocenters. The molecule has 1 aliphatic rings. The van der Waals surface area contributed by atoms with Gasteiger partial charge in [0.1, 0.15) is 17.4 Å². The lowest BCUT2D eigenvalue weighted by Gasteiger charge is -2.26. The van der Waals surface area contributed by atoms with Gasteiger partial charge in [0.25, 0.3) is 11.8 Å². The molecule has 2 aromatic rings. The normalized spacial score (nSPS) is 15.3. The van der Waals surface area contributed by atoms with Gasteiger partial charge in [-0.1, -0.05) is 25.8 Å². The molecule has 0 saturated carbocycles. The first-order valence-corrected chi connectivity index (χ1v) is 10.5. The summed E-state index contributed by atoms with van der Waals surface area (Å²) in [5, 5.41) is 9.53. The Morgan fingerprint density at radius 2 is 1.97 bits per heavy atom. The monoisotopic (exact) mass is 434 g/mol. The van der Waals surface area contributed by atoms with Gasteiger partial charge in [0.05, 0.1) is 26.5 Å². The highest BCUT2D eigenvalue weighted by molar-refractivity contribution is 6.19. The highest BCUT2D eigenvalue weighted by atomic mass is 16.5. The van der Waals surface area contributed by atoms with Crippen LogP contribution in [0.15, 0.2) is 57.7 Å². The van der Waals surface area contributed by atoms with E-state index in [1.54, 1.807) is 44.4 Å². The first kappa shape index (κ1) is 22.9. The summed E-state index contributed by atoms with van der Waals surface area (Å²) in [6, 6.07) is 10.7. The fourth-order valence-corrected chi connectivity index (χ4v) is 3.43. The van der Waals surface area contributed by atoms with Crippen LogP contribution in [0.25, 0.3) is 6.08 Å². The Kier molecular flexibility index (Phi) is 7.50. The minimum atomic E-state index is -0.628. The van der Waals surface area contributed by atoms with E-state index in [-0.39, 0.29) is 17.7 Å². The van der Waals surface area contributed by atoms with Crippen LogP contribution in [0, 0.1) is 11.3 Å². The third kappa shape index (κ3) is 4.92. The molecule has 166 valence electrons. The molecule has 1 aromatic carbocycles. The predicted molar refractivity (Wildman–Crippen MR) is 119 cm³/mol. The average Bonchev–Trinajstić information content (AvgIpc) is 3.31. The molecule has 0 fully saturated rings. The summed E-state index contributed by atoms with van der Waals surface area (Å²) in [6.07, 6.45) is 6.28. The van der Waals surface area contributed by atoms with E-state index in [1.165, 1.54) is 6.26 Å². The topological polar surface area (TPSA) is 92.8 Å². The second kappa shape index (κ2) is 10.5. The zero-order valence-corrected chi connectivity index (χ0v) is 18.5. The van der Waals surface area contributed by atoms with Gasteiger partial charge in [-0.15, -0.1) is 0 Å². The number of amides is 2. The van der Waals surface area contributed by atoms with E-state index in [0.29, 0.717) is 35.0 Å². The summed E-state index contributed by atoms with van der Waals surface area (Å²) in [7, 11) is 1.56. The highest BCUT2D eigenvalue weighted by Crippen LogP contribution is 2.32. The molecule has 7 nitrogen and oxygen atoms in total. The number of hydrogen-bond acceptors (Lipinski definition) is 6. The SMILES string of the molecule is CCCCCOc1ccc(/C=C2/C(=O)N(Cc3ccco3)C(=O)C(C#N)=C2C)cc1OC. The van der Waals surface area contributed by atoms with E-state index in [1.807, 2.05) is 12.1 Å². The molecule has 0 spiro atoms. The van der Waals surface area contributed by atoms with Gasteiger partial charge in [-0.2, -0.15) is 5.26 Å². The molecule has 0 bridgehead atoms. The molecule has 0 N–H and O–H groups in total. The Balaban J connectivity index is 1.93. The maximum Gasteiger partial charge on any atom is 0.272 e. The van der Waals surface area contributed by atoms with Crippen LogP contribution in [0.4, 0.5) is 0 Å². The van der Waals surface area contributed by atoms with Crippen molar-refractivity contribution >= 4 is 17.9 Å². The number of unbranched alkanes of at least 4 members (excludes halogenated alkanes) is 2. The number of nitriles is 1. The molecule has 3 rings (SSSR count). The van der Waals surface area contributed by atoms with Gasteiger partial charge in [-0.3, -0.25) is 14.5 Å². The molecular weight excluding hydrogens is 408 g/mol. The van der Waals surface area contributed by atoms with E-state index in [0.717, 1.165) is 24.2 Å². The van der Waals surface area contributed by atoms with Gasteiger partial charge in [-0.25, -0.2) is 0 Å². The zero-order chi connectivity index (χ0) is 23.1. The number of nitrogens with zero attached hydrogens (tertiary/aromatic N) is 2. The van der Waals surface area contributed by atoms with E-state index in [9.17, 15) is 14.9 Å². The molecule has 32 heavy (non-hydrogen) atoms. The van der Waals surface area contributed by atoms with Crippen LogP contribution in [0.1, 0.15) is 44.4 Å². The maximum absolute atomic E-state index is 13.2. The van der Waals surface area contributed by atoms with Crippen LogP contribution in [0.3, 0.4) is 0 Å². The molecule has 1 aliphatic heterocycles. The number of imide groups is 1. The molecule has 0 saturated heterocycles. The van der Waals surface area contributed by atoms with Gasteiger partial charge >= 0.3 is 0 Å². The number of rotatable bonds is 9. The molecule has 2 amide bonds.